The lowest BCUT2D eigenvalue weighted by Crippen LogP contribution is -1.92. The van der Waals surface area contributed by atoms with Crippen LogP contribution < -0.4 is 10.5 Å². The van der Waals surface area contributed by atoms with E-state index in [1.807, 2.05) is 25.1 Å². The average Bonchev–Trinajstić information content (AvgIpc) is 2.96. The van der Waals surface area contributed by atoms with Gasteiger partial charge in [0.2, 0.25) is 5.82 Å². The van der Waals surface area contributed by atoms with Crippen molar-refractivity contribution in [3.05, 3.63) is 42.1 Å². The van der Waals surface area contributed by atoms with Crippen molar-refractivity contribution >= 4 is 5.69 Å². The Morgan fingerprint density at radius 3 is 2.76 bits per heavy atom. The van der Waals surface area contributed by atoms with Gasteiger partial charge in [0.15, 0.2) is 0 Å². The van der Waals surface area contributed by atoms with Gasteiger partial charge in [0.05, 0.1) is 12.7 Å². The van der Waals surface area contributed by atoms with E-state index < -0.39 is 0 Å². The van der Waals surface area contributed by atoms with Gasteiger partial charge in [0.25, 0.3) is 5.89 Å². The lowest BCUT2D eigenvalue weighted by Gasteiger charge is -2.05. The molecule has 21 heavy (non-hydrogen) atoms. The summed E-state index contributed by atoms with van der Waals surface area (Å²) in [6.45, 7) is 1.91. The standard InChI is InChI=1S/C15H14N4O2/c1-9-4-3-5-12(17-9)14-18-15(21-19-14)11-7-6-10(16)8-13(11)20-2/h3-8H,16H2,1-2H3. The maximum absolute atomic E-state index is 5.74. The van der Waals surface area contributed by atoms with Gasteiger partial charge in [-0.1, -0.05) is 11.2 Å². The molecule has 0 saturated heterocycles. The molecule has 0 bridgehead atoms. The van der Waals surface area contributed by atoms with E-state index in [0.717, 1.165) is 5.69 Å². The largest absolute Gasteiger partial charge is 0.496 e. The van der Waals surface area contributed by atoms with Gasteiger partial charge in [0.1, 0.15) is 11.4 Å². The van der Waals surface area contributed by atoms with E-state index in [9.17, 15) is 0 Å². The molecule has 3 rings (SSSR count). The Morgan fingerprint density at radius 1 is 1.14 bits per heavy atom. The van der Waals surface area contributed by atoms with E-state index in [1.54, 1.807) is 25.3 Å². The fourth-order valence-electron chi connectivity index (χ4n) is 1.99. The minimum absolute atomic E-state index is 0.366. The van der Waals surface area contributed by atoms with Crippen LogP contribution in [-0.2, 0) is 0 Å². The number of nitrogen functional groups attached to an aromatic ring is 1. The van der Waals surface area contributed by atoms with Crippen LogP contribution in [0.1, 0.15) is 5.69 Å². The van der Waals surface area contributed by atoms with E-state index in [0.29, 0.717) is 34.4 Å². The van der Waals surface area contributed by atoms with Gasteiger partial charge in [-0.15, -0.1) is 0 Å². The molecule has 3 aromatic rings. The topological polar surface area (TPSA) is 87.1 Å². The number of methoxy groups -OCH3 is 1. The number of ether oxygens (including phenoxy) is 1. The second-order valence-corrected chi connectivity index (χ2v) is 4.55. The predicted octanol–water partition coefficient (Wildman–Crippen LogP) is 2.70. The molecule has 2 aromatic heterocycles. The van der Waals surface area contributed by atoms with Crippen molar-refractivity contribution in [3.8, 4) is 28.7 Å². The molecule has 0 atom stereocenters. The third kappa shape index (κ3) is 2.55. The summed E-state index contributed by atoms with van der Waals surface area (Å²) in [5, 5.41) is 3.97. The van der Waals surface area contributed by atoms with Gasteiger partial charge in [0, 0.05) is 17.4 Å². The zero-order valence-corrected chi connectivity index (χ0v) is 11.7. The van der Waals surface area contributed by atoms with Crippen molar-refractivity contribution in [2.45, 2.75) is 6.92 Å². The normalized spacial score (nSPS) is 10.6. The first-order chi connectivity index (χ1) is 10.2. The van der Waals surface area contributed by atoms with E-state index in [-0.39, 0.29) is 0 Å². The molecule has 6 heteroatoms. The quantitative estimate of drug-likeness (QED) is 0.743. The van der Waals surface area contributed by atoms with E-state index in [1.165, 1.54) is 0 Å². The number of nitrogens with two attached hydrogens (primary N) is 1. The lowest BCUT2D eigenvalue weighted by atomic mass is 10.2. The first-order valence-electron chi connectivity index (χ1n) is 6.39. The van der Waals surface area contributed by atoms with Crippen LogP contribution >= 0.6 is 0 Å². The van der Waals surface area contributed by atoms with Crippen LogP contribution in [0.2, 0.25) is 0 Å². The molecular weight excluding hydrogens is 268 g/mol. The summed E-state index contributed by atoms with van der Waals surface area (Å²) in [7, 11) is 1.57. The third-order valence-corrected chi connectivity index (χ3v) is 3.00. The summed E-state index contributed by atoms with van der Waals surface area (Å²) in [6.07, 6.45) is 0. The summed E-state index contributed by atoms with van der Waals surface area (Å²) < 4.78 is 10.6. The average molecular weight is 282 g/mol. The van der Waals surface area contributed by atoms with Crippen molar-refractivity contribution < 1.29 is 9.26 Å². The molecule has 0 saturated carbocycles. The van der Waals surface area contributed by atoms with Gasteiger partial charge >= 0.3 is 0 Å². The molecule has 0 radical (unpaired) electrons. The van der Waals surface area contributed by atoms with Gasteiger partial charge in [-0.25, -0.2) is 4.98 Å². The minimum atomic E-state index is 0.366. The molecule has 2 N–H and O–H groups in total. The molecule has 1 aromatic carbocycles. The highest BCUT2D eigenvalue weighted by atomic mass is 16.5. The SMILES string of the molecule is COc1cc(N)ccc1-c1nc(-c2cccc(C)n2)no1. The van der Waals surface area contributed by atoms with E-state index in [2.05, 4.69) is 15.1 Å². The van der Waals surface area contributed by atoms with Crippen LogP contribution in [0.15, 0.2) is 40.9 Å². The molecule has 0 aliphatic rings. The second kappa shape index (κ2) is 5.24. The number of nitrogens with zero attached hydrogens (tertiary/aromatic N) is 3. The molecule has 0 spiro atoms. The second-order valence-electron chi connectivity index (χ2n) is 4.55. The molecule has 0 aliphatic heterocycles. The number of rotatable bonds is 3. The monoisotopic (exact) mass is 282 g/mol. The van der Waals surface area contributed by atoms with Crippen LogP contribution in [0.3, 0.4) is 0 Å². The Bertz CT molecular complexity index is 783. The van der Waals surface area contributed by atoms with Gasteiger partial charge < -0.3 is 15.0 Å². The number of benzene rings is 1. The highest BCUT2D eigenvalue weighted by molar-refractivity contribution is 5.68. The number of aromatic nitrogens is 3. The van der Waals surface area contributed by atoms with Gasteiger partial charge in [-0.3, -0.25) is 0 Å². The zero-order valence-electron chi connectivity index (χ0n) is 11.7. The lowest BCUT2D eigenvalue weighted by molar-refractivity contribution is 0.405. The molecule has 6 nitrogen and oxygen atoms in total. The highest BCUT2D eigenvalue weighted by Crippen LogP contribution is 2.31. The third-order valence-electron chi connectivity index (χ3n) is 3.00. The molecular formula is C15H14N4O2. The van der Waals surface area contributed by atoms with Crippen molar-refractivity contribution in [2.75, 3.05) is 12.8 Å². The number of anilines is 1. The van der Waals surface area contributed by atoms with Crippen LogP contribution in [0.4, 0.5) is 5.69 Å². The van der Waals surface area contributed by atoms with Crippen LogP contribution in [0.5, 0.6) is 5.75 Å². The Morgan fingerprint density at radius 2 is 2.00 bits per heavy atom. The molecule has 0 amide bonds. The van der Waals surface area contributed by atoms with Crippen molar-refractivity contribution in [1.29, 1.82) is 0 Å². The van der Waals surface area contributed by atoms with Gasteiger partial charge in [-0.05, 0) is 31.2 Å². The smallest absolute Gasteiger partial charge is 0.262 e. The zero-order chi connectivity index (χ0) is 14.8. The molecule has 2 heterocycles. The number of hydrogen-bond acceptors (Lipinski definition) is 6. The highest BCUT2D eigenvalue weighted by Gasteiger charge is 2.15. The Hall–Kier alpha value is -2.89. The van der Waals surface area contributed by atoms with Crippen molar-refractivity contribution in [1.82, 2.24) is 15.1 Å². The summed E-state index contributed by atoms with van der Waals surface area (Å²) in [5.41, 5.74) is 8.60. The summed E-state index contributed by atoms with van der Waals surface area (Å²) in [5.74, 6) is 1.39. The molecule has 0 aliphatic carbocycles. The van der Waals surface area contributed by atoms with Crippen LogP contribution in [0.25, 0.3) is 23.0 Å². The Balaban J connectivity index is 2.02. The maximum atomic E-state index is 5.74. The molecule has 106 valence electrons. The maximum Gasteiger partial charge on any atom is 0.262 e. The number of aryl methyl sites for hydroxylation is 1. The summed E-state index contributed by atoms with van der Waals surface area (Å²) in [4.78, 5) is 8.74. The van der Waals surface area contributed by atoms with E-state index in [4.69, 9.17) is 15.0 Å². The predicted molar refractivity (Wildman–Crippen MR) is 78.7 cm³/mol. The molecule has 0 unspecified atom stereocenters. The van der Waals surface area contributed by atoms with Gasteiger partial charge in [-0.2, -0.15) is 4.98 Å². The summed E-state index contributed by atoms with van der Waals surface area (Å²) >= 11 is 0. The van der Waals surface area contributed by atoms with Crippen LogP contribution in [-0.4, -0.2) is 22.2 Å². The number of hydrogen-bond donors (Lipinski definition) is 1. The minimum Gasteiger partial charge on any atom is -0.496 e. The summed E-state index contributed by atoms with van der Waals surface area (Å²) in [6, 6.07) is 10.9. The number of pyridine rings is 1. The first kappa shape index (κ1) is 13.1. The fourth-order valence-corrected chi connectivity index (χ4v) is 1.99. The van der Waals surface area contributed by atoms with Crippen molar-refractivity contribution in [3.63, 3.8) is 0 Å². The fraction of sp³-hybridized carbons (Fsp3) is 0.133. The Kier molecular flexibility index (Phi) is 3.27. The first-order valence-corrected chi connectivity index (χ1v) is 6.39. The Labute approximate surface area is 121 Å². The van der Waals surface area contributed by atoms with Crippen LogP contribution in [0, 0.1) is 6.92 Å². The van der Waals surface area contributed by atoms with Crippen molar-refractivity contribution in [2.24, 2.45) is 0 Å². The molecule has 0 fully saturated rings. The van der Waals surface area contributed by atoms with E-state index >= 15 is 0 Å².